The van der Waals surface area contributed by atoms with E-state index in [-0.39, 0.29) is 17.1 Å². The molecule has 0 atom stereocenters. The van der Waals surface area contributed by atoms with Crippen LogP contribution in [-0.2, 0) is 23.1 Å². The molecule has 9 nitrogen and oxygen atoms in total. The van der Waals surface area contributed by atoms with E-state index >= 15 is 0 Å². The minimum absolute atomic E-state index is 0.0577. The number of methoxy groups -OCH3 is 1. The van der Waals surface area contributed by atoms with Gasteiger partial charge in [0.2, 0.25) is 5.03 Å². The number of aromatic nitrogens is 2. The summed E-state index contributed by atoms with van der Waals surface area (Å²) >= 11 is 0. The third-order valence-electron chi connectivity index (χ3n) is 6.65. The van der Waals surface area contributed by atoms with Crippen LogP contribution in [-0.4, -0.2) is 61.7 Å². The Bertz CT molecular complexity index is 1330. The molecule has 0 saturated carbocycles. The molecule has 2 aromatic carbocycles. The van der Waals surface area contributed by atoms with Crippen LogP contribution in [0.5, 0.6) is 5.75 Å². The van der Waals surface area contributed by atoms with Gasteiger partial charge in [0.1, 0.15) is 5.75 Å². The van der Waals surface area contributed by atoms with Gasteiger partial charge < -0.3 is 15.0 Å². The van der Waals surface area contributed by atoms with Crippen LogP contribution in [0.15, 0.2) is 53.7 Å². The molecular weight excluding hydrogens is 478 g/mol. The van der Waals surface area contributed by atoms with Gasteiger partial charge in [0.15, 0.2) is 0 Å². The Kier molecular flexibility index (Phi) is 7.65. The second-order valence-corrected chi connectivity index (χ2v) is 10.7. The summed E-state index contributed by atoms with van der Waals surface area (Å²) in [6.07, 6.45) is 1.50. The van der Waals surface area contributed by atoms with E-state index in [1.165, 1.54) is 26.3 Å². The lowest BCUT2D eigenvalue weighted by Gasteiger charge is -2.36. The summed E-state index contributed by atoms with van der Waals surface area (Å²) < 4.78 is 35.3. The lowest BCUT2D eigenvalue weighted by molar-refractivity contribution is 0.0947. The summed E-state index contributed by atoms with van der Waals surface area (Å²) in [5.74, 6) is 0.249. The van der Waals surface area contributed by atoms with Gasteiger partial charge in [-0.15, -0.1) is 0 Å². The van der Waals surface area contributed by atoms with E-state index in [0.29, 0.717) is 32.7 Å². The van der Waals surface area contributed by atoms with Crippen molar-refractivity contribution in [3.05, 3.63) is 70.9 Å². The van der Waals surface area contributed by atoms with Crippen molar-refractivity contribution in [1.29, 1.82) is 0 Å². The fraction of sp³-hybridized carbons (Fsp3) is 0.385. The van der Waals surface area contributed by atoms with E-state index in [1.54, 1.807) is 7.11 Å². The molecule has 0 spiro atoms. The summed E-state index contributed by atoms with van der Waals surface area (Å²) in [6.45, 7) is 8.50. The van der Waals surface area contributed by atoms with E-state index in [2.05, 4.69) is 41.3 Å². The van der Waals surface area contributed by atoms with Crippen LogP contribution in [0.1, 0.15) is 34.0 Å². The Morgan fingerprint density at radius 2 is 1.75 bits per heavy atom. The van der Waals surface area contributed by atoms with Crippen molar-refractivity contribution < 1.29 is 17.9 Å². The number of hydrogen-bond acceptors (Lipinski definition) is 6. The highest BCUT2D eigenvalue weighted by atomic mass is 32.2. The number of benzene rings is 2. The highest BCUT2D eigenvalue weighted by Gasteiger charge is 2.35. The van der Waals surface area contributed by atoms with Crippen LogP contribution >= 0.6 is 0 Å². The number of amides is 1. The fourth-order valence-corrected chi connectivity index (χ4v) is 5.82. The van der Waals surface area contributed by atoms with Gasteiger partial charge in [0.05, 0.1) is 12.7 Å². The van der Waals surface area contributed by atoms with Gasteiger partial charge in [-0.25, -0.2) is 8.42 Å². The minimum Gasteiger partial charge on any atom is -0.497 e. The second-order valence-electron chi connectivity index (χ2n) is 8.84. The maximum atomic E-state index is 13.6. The first-order chi connectivity index (χ1) is 17.2. The number of carbonyl (C=O) groups excluding carboxylic acids is 1. The largest absolute Gasteiger partial charge is 0.497 e. The molecule has 0 radical (unpaired) electrons. The first-order valence-electron chi connectivity index (χ1n) is 12.0. The summed E-state index contributed by atoms with van der Waals surface area (Å²) in [7, 11) is -2.35. The molecule has 10 heteroatoms. The average Bonchev–Trinajstić information content (AvgIpc) is 3.35. The van der Waals surface area contributed by atoms with Crippen molar-refractivity contribution in [2.75, 3.05) is 38.2 Å². The number of piperazine rings is 1. The summed E-state index contributed by atoms with van der Waals surface area (Å²) in [6, 6.07) is 13.5. The van der Waals surface area contributed by atoms with Crippen LogP contribution in [0.3, 0.4) is 0 Å². The molecular formula is C26H33N5O4S. The zero-order chi connectivity index (χ0) is 25.9. The van der Waals surface area contributed by atoms with Gasteiger partial charge in [-0.1, -0.05) is 24.3 Å². The van der Waals surface area contributed by atoms with Gasteiger partial charge in [0.25, 0.3) is 15.9 Å². The maximum absolute atomic E-state index is 13.6. The number of aryl methyl sites for hydroxylation is 2. The van der Waals surface area contributed by atoms with Crippen molar-refractivity contribution in [1.82, 2.24) is 19.4 Å². The molecule has 1 aliphatic heterocycles. The fourth-order valence-electron chi connectivity index (χ4n) is 4.30. The zero-order valence-electron chi connectivity index (χ0n) is 21.2. The Balaban J connectivity index is 1.49. The number of ether oxygens (including phenoxy) is 1. The van der Waals surface area contributed by atoms with E-state index in [9.17, 15) is 13.2 Å². The smallest absolute Gasteiger partial charge is 0.263 e. The zero-order valence-corrected chi connectivity index (χ0v) is 22.0. The predicted molar refractivity (Wildman–Crippen MR) is 139 cm³/mol. The lowest BCUT2D eigenvalue weighted by Crippen LogP contribution is -2.49. The molecule has 192 valence electrons. The normalized spacial score (nSPS) is 14.6. The Morgan fingerprint density at radius 3 is 2.39 bits per heavy atom. The van der Waals surface area contributed by atoms with Gasteiger partial charge in [0, 0.05) is 51.2 Å². The molecule has 1 fully saturated rings. The van der Waals surface area contributed by atoms with Crippen LogP contribution in [0.2, 0.25) is 0 Å². The van der Waals surface area contributed by atoms with E-state index in [4.69, 9.17) is 4.74 Å². The third-order valence-corrected chi connectivity index (χ3v) is 8.48. The molecule has 1 aliphatic rings. The number of carbonyl (C=O) groups is 1. The van der Waals surface area contributed by atoms with Gasteiger partial charge >= 0.3 is 0 Å². The summed E-state index contributed by atoms with van der Waals surface area (Å²) in [5, 5.41) is 6.90. The van der Waals surface area contributed by atoms with Gasteiger partial charge in [-0.2, -0.15) is 9.40 Å². The van der Waals surface area contributed by atoms with E-state index in [0.717, 1.165) is 17.0 Å². The van der Waals surface area contributed by atoms with Crippen molar-refractivity contribution in [2.45, 2.75) is 38.9 Å². The number of nitrogens with zero attached hydrogens (tertiary/aromatic N) is 4. The number of rotatable bonds is 8. The number of hydrogen-bond donors (Lipinski definition) is 1. The quantitative estimate of drug-likeness (QED) is 0.500. The molecule has 1 amide bonds. The molecule has 0 unspecified atom stereocenters. The number of anilines is 1. The standard InChI is InChI=1S/C26H33N5O4S/c1-5-30-18-23(25(32)27-17-21-9-11-22(35-4)12-10-21)26(28-30)36(33,34)31-15-13-29(14-16-31)24-8-6-7-19(2)20(24)3/h6-12,18H,5,13-17H2,1-4H3,(H,27,32). The second kappa shape index (κ2) is 10.7. The average molecular weight is 512 g/mol. The maximum Gasteiger partial charge on any atom is 0.263 e. The first kappa shape index (κ1) is 25.7. The van der Waals surface area contributed by atoms with Gasteiger partial charge in [-0.3, -0.25) is 9.48 Å². The van der Waals surface area contributed by atoms with Crippen molar-refractivity contribution in [3.8, 4) is 5.75 Å². The molecule has 4 rings (SSSR count). The molecule has 36 heavy (non-hydrogen) atoms. The molecule has 1 N–H and O–H groups in total. The topological polar surface area (TPSA) is 96.8 Å². The van der Waals surface area contributed by atoms with E-state index in [1.807, 2.05) is 37.3 Å². The SMILES string of the molecule is CCn1cc(C(=O)NCc2ccc(OC)cc2)c(S(=O)(=O)N2CCN(c3cccc(C)c3C)CC2)n1. The minimum atomic E-state index is -3.95. The number of nitrogens with one attached hydrogen (secondary N) is 1. The Labute approximate surface area is 212 Å². The Hall–Kier alpha value is -3.37. The van der Waals surface area contributed by atoms with Crippen LogP contribution < -0.4 is 15.0 Å². The van der Waals surface area contributed by atoms with Crippen LogP contribution in [0.4, 0.5) is 5.69 Å². The van der Waals surface area contributed by atoms with Crippen LogP contribution in [0.25, 0.3) is 0 Å². The third kappa shape index (κ3) is 5.24. The molecule has 1 aromatic heterocycles. The highest BCUT2D eigenvalue weighted by molar-refractivity contribution is 7.89. The predicted octanol–water partition coefficient (Wildman–Crippen LogP) is 2.97. The lowest BCUT2D eigenvalue weighted by atomic mass is 10.1. The Morgan fingerprint density at radius 1 is 1.06 bits per heavy atom. The van der Waals surface area contributed by atoms with Crippen molar-refractivity contribution in [2.24, 2.45) is 0 Å². The highest BCUT2D eigenvalue weighted by Crippen LogP contribution is 2.26. The van der Waals surface area contributed by atoms with E-state index < -0.39 is 15.9 Å². The number of sulfonamides is 1. The van der Waals surface area contributed by atoms with Gasteiger partial charge in [-0.05, 0) is 55.7 Å². The summed E-state index contributed by atoms with van der Waals surface area (Å²) in [5.41, 5.74) is 4.46. The molecule has 0 bridgehead atoms. The van der Waals surface area contributed by atoms with Crippen LogP contribution in [0, 0.1) is 13.8 Å². The molecule has 2 heterocycles. The first-order valence-corrected chi connectivity index (χ1v) is 13.5. The van der Waals surface area contributed by atoms with Crippen molar-refractivity contribution >= 4 is 21.6 Å². The monoisotopic (exact) mass is 511 g/mol. The molecule has 0 aliphatic carbocycles. The summed E-state index contributed by atoms with van der Waals surface area (Å²) in [4.78, 5) is 15.3. The molecule has 3 aromatic rings. The van der Waals surface area contributed by atoms with Crippen molar-refractivity contribution in [3.63, 3.8) is 0 Å². The molecule has 1 saturated heterocycles.